The Morgan fingerprint density at radius 1 is 1.23 bits per heavy atom. The molecule has 26 heavy (non-hydrogen) atoms. The van der Waals surface area contributed by atoms with Gasteiger partial charge in [0, 0.05) is 15.9 Å². The van der Waals surface area contributed by atoms with E-state index >= 15 is 0 Å². The van der Waals surface area contributed by atoms with Gasteiger partial charge in [0.2, 0.25) is 10.0 Å². The van der Waals surface area contributed by atoms with Crippen molar-refractivity contribution in [1.82, 2.24) is 0 Å². The van der Waals surface area contributed by atoms with Gasteiger partial charge in [-0.1, -0.05) is 6.07 Å². The summed E-state index contributed by atoms with van der Waals surface area (Å²) < 4.78 is 27.8. The zero-order valence-corrected chi connectivity index (χ0v) is 15.5. The molecule has 2 aromatic rings. The van der Waals surface area contributed by atoms with Gasteiger partial charge in [-0.2, -0.15) is 0 Å². The van der Waals surface area contributed by atoms with Crippen molar-refractivity contribution >= 4 is 38.9 Å². The van der Waals surface area contributed by atoms with Crippen molar-refractivity contribution in [1.29, 1.82) is 0 Å². The van der Waals surface area contributed by atoms with Crippen LogP contribution in [0.5, 0.6) is 0 Å². The van der Waals surface area contributed by atoms with Gasteiger partial charge in [-0.25, -0.2) is 18.4 Å². The van der Waals surface area contributed by atoms with E-state index in [0.717, 1.165) is 31.2 Å². The van der Waals surface area contributed by atoms with Gasteiger partial charge in [0.15, 0.2) is 6.61 Å². The fraction of sp³-hybridized carbons (Fsp3) is 0.294. The van der Waals surface area contributed by atoms with E-state index in [2.05, 4.69) is 5.32 Å². The van der Waals surface area contributed by atoms with E-state index in [4.69, 9.17) is 9.88 Å². The lowest BCUT2D eigenvalue weighted by molar-refractivity contribution is -0.119. The first-order chi connectivity index (χ1) is 12.3. The summed E-state index contributed by atoms with van der Waals surface area (Å²) in [6.07, 6.45) is 4.01. The minimum Gasteiger partial charge on any atom is -0.452 e. The third-order valence-corrected chi connectivity index (χ3v) is 6.06. The molecule has 0 saturated carbocycles. The van der Waals surface area contributed by atoms with E-state index in [9.17, 15) is 18.0 Å². The Bertz CT molecular complexity index is 950. The molecule has 0 bridgehead atoms. The molecule has 0 radical (unpaired) electrons. The van der Waals surface area contributed by atoms with Gasteiger partial charge in [-0.3, -0.25) is 4.79 Å². The predicted octanol–water partition coefficient (Wildman–Crippen LogP) is 2.07. The van der Waals surface area contributed by atoms with Crippen molar-refractivity contribution in [2.75, 3.05) is 11.9 Å². The highest BCUT2D eigenvalue weighted by molar-refractivity contribution is 7.89. The van der Waals surface area contributed by atoms with Crippen molar-refractivity contribution in [2.45, 2.75) is 30.6 Å². The number of amides is 1. The van der Waals surface area contributed by atoms with Gasteiger partial charge < -0.3 is 10.1 Å². The molecule has 9 heteroatoms. The minimum absolute atomic E-state index is 0.114. The highest BCUT2D eigenvalue weighted by Crippen LogP contribution is 2.30. The maximum Gasteiger partial charge on any atom is 0.339 e. The highest BCUT2D eigenvalue weighted by Gasteiger charge is 2.21. The zero-order valence-electron chi connectivity index (χ0n) is 13.9. The van der Waals surface area contributed by atoms with Gasteiger partial charge in [0.1, 0.15) is 0 Å². The first-order valence-electron chi connectivity index (χ1n) is 8.03. The lowest BCUT2D eigenvalue weighted by atomic mass is 9.96. The van der Waals surface area contributed by atoms with Crippen LogP contribution in [0.2, 0.25) is 0 Å². The number of sulfonamides is 1. The van der Waals surface area contributed by atoms with Gasteiger partial charge >= 0.3 is 5.97 Å². The van der Waals surface area contributed by atoms with E-state index in [0.29, 0.717) is 5.56 Å². The molecule has 1 aromatic carbocycles. The third-order valence-electron chi connectivity index (χ3n) is 4.06. The average Bonchev–Trinajstić information content (AvgIpc) is 3.03. The third kappa shape index (κ3) is 4.29. The Labute approximate surface area is 155 Å². The summed E-state index contributed by atoms with van der Waals surface area (Å²) in [6, 6.07) is 5.54. The standard InChI is InChI=1S/C17H18N2O5S2/c18-26(22,23)12-5-3-4-11(8-12)19-16(20)9-24-17(21)14-10-25-15-7-2-1-6-13(14)15/h3-5,8,10H,1-2,6-7,9H2,(H,19,20)(H2,18,22,23). The second-order valence-electron chi connectivity index (χ2n) is 5.96. The number of anilines is 1. The van der Waals surface area contributed by atoms with Crippen LogP contribution in [0.3, 0.4) is 0 Å². The Kier molecular flexibility index (Phi) is 5.40. The number of esters is 1. The molecule has 0 atom stereocenters. The fourth-order valence-electron chi connectivity index (χ4n) is 2.82. The molecule has 1 aliphatic rings. The summed E-state index contributed by atoms with van der Waals surface area (Å²) in [5, 5.41) is 9.32. The molecule has 0 aliphatic heterocycles. The molecule has 1 heterocycles. The van der Waals surface area contributed by atoms with Gasteiger partial charge in [-0.05, 0) is 49.4 Å². The molecule has 1 amide bonds. The largest absolute Gasteiger partial charge is 0.452 e. The monoisotopic (exact) mass is 394 g/mol. The van der Waals surface area contributed by atoms with Gasteiger partial charge in [-0.15, -0.1) is 11.3 Å². The second kappa shape index (κ2) is 7.56. The lowest BCUT2D eigenvalue weighted by Crippen LogP contribution is -2.21. The number of thiophene rings is 1. The van der Waals surface area contributed by atoms with E-state index in [1.807, 2.05) is 0 Å². The van der Waals surface area contributed by atoms with Crippen LogP contribution in [-0.4, -0.2) is 26.9 Å². The molecule has 3 rings (SSSR count). The summed E-state index contributed by atoms with van der Waals surface area (Å²) in [7, 11) is -3.86. The average molecular weight is 394 g/mol. The van der Waals surface area contributed by atoms with Crippen molar-refractivity contribution in [2.24, 2.45) is 5.14 Å². The SMILES string of the molecule is NS(=O)(=O)c1cccc(NC(=O)COC(=O)c2csc3c2CCCC3)c1. The molecule has 1 aromatic heterocycles. The molecule has 0 saturated heterocycles. The number of carbonyl (C=O) groups is 2. The number of nitrogens with one attached hydrogen (secondary N) is 1. The van der Waals surface area contributed by atoms with Crippen LogP contribution >= 0.6 is 11.3 Å². The van der Waals surface area contributed by atoms with Crippen LogP contribution < -0.4 is 10.5 Å². The summed E-state index contributed by atoms with van der Waals surface area (Å²) in [5.74, 6) is -1.08. The first-order valence-corrected chi connectivity index (χ1v) is 10.5. The van der Waals surface area contributed by atoms with E-state index in [-0.39, 0.29) is 10.6 Å². The summed E-state index contributed by atoms with van der Waals surface area (Å²) >= 11 is 1.55. The number of rotatable bonds is 5. The molecule has 0 unspecified atom stereocenters. The number of hydrogen-bond acceptors (Lipinski definition) is 6. The van der Waals surface area contributed by atoms with Crippen molar-refractivity contribution in [3.05, 3.63) is 45.6 Å². The zero-order chi connectivity index (χ0) is 18.7. The molecule has 0 fully saturated rings. The second-order valence-corrected chi connectivity index (χ2v) is 8.48. The quantitative estimate of drug-likeness (QED) is 0.753. The molecule has 7 nitrogen and oxygen atoms in total. The normalized spacial score (nSPS) is 13.7. The van der Waals surface area contributed by atoms with Crippen molar-refractivity contribution in [3.8, 4) is 0 Å². The number of aryl methyl sites for hydroxylation is 1. The van der Waals surface area contributed by atoms with Gasteiger partial charge in [0.25, 0.3) is 5.91 Å². The Balaban J connectivity index is 1.59. The summed E-state index contributed by atoms with van der Waals surface area (Å²) in [6.45, 7) is -0.455. The molecule has 1 aliphatic carbocycles. The topological polar surface area (TPSA) is 116 Å². The number of ether oxygens (including phenoxy) is 1. The molecule has 0 spiro atoms. The van der Waals surface area contributed by atoms with E-state index in [1.54, 1.807) is 16.7 Å². The van der Waals surface area contributed by atoms with Crippen LogP contribution in [0.1, 0.15) is 33.6 Å². The minimum atomic E-state index is -3.86. The molecular formula is C17H18N2O5S2. The van der Waals surface area contributed by atoms with Crippen LogP contribution in [-0.2, 0) is 32.4 Å². The van der Waals surface area contributed by atoms with E-state index in [1.165, 1.54) is 29.1 Å². The number of fused-ring (bicyclic) bond motifs is 1. The van der Waals surface area contributed by atoms with Crippen LogP contribution in [0.25, 0.3) is 0 Å². The van der Waals surface area contributed by atoms with Crippen molar-refractivity contribution < 1.29 is 22.7 Å². The molecule has 3 N–H and O–H groups in total. The molecular weight excluding hydrogens is 376 g/mol. The summed E-state index contributed by atoms with van der Waals surface area (Å²) in [5.41, 5.74) is 1.83. The number of hydrogen-bond donors (Lipinski definition) is 2. The first kappa shape index (κ1) is 18.6. The number of nitrogens with two attached hydrogens (primary N) is 1. The maximum absolute atomic E-state index is 12.2. The lowest BCUT2D eigenvalue weighted by Gasteiger charge is -2.12. The van der Waals surface area contributed by atoms with Gasteiger partial charge in [0.05, 0.1) is 10.5 Å². The predicted molar refractivity (Wildman–Crippen MR) is 97.7 cm³/mol. The van der Waals surface area contributed by atoms with E-state index < -0.39 is 28.5 Å². The van der Waals surface area contributed by atoms with Crippen LogP contribution in [0, 0.1) is 0 Å². The Hall–Kier alpha value is -2.23. The Morgan fingerprint density at radius 3 is 2.77 bits per heavy atom. The number of benzene rings is 1. The Morgan fingerprint density at radius 2 is 2.00 bits per heavy atom. The van der Waals surface area contributed by atoms with Crippen molar-refractivity contribution in [3.63, 3.8) is 0 Å². The smallest absolute Gasteiger partial charge is 0.339 e. The summed E-state index contributed by atoms with van der Waals surface area (Å²) in [4.78, 5) is 25.3. The number of carbonyl (C=O) groups excluding carboxylic acids is 2. The molecule has 138 valence electrons. The highest BCUT2D eigenvalue weighted by atomic mass is 32.2. The van der Waals surface area contributed by atoms with Crippen LogP contribution in [0.15, 0.2) is 34.5 Å². The number of primary sulfonamides is 1. The fourth-order valence-corrected chi connectivity index (χ4v) is 4.50. The van der Waals surface area contributed by atoms with Crippen LogP contribution in [0.4, 0.5) is 5.69 Å². The maximum atomic E-state index is 12.2.